The van der Waals surface area contributed by atoms with Crippen LogP contribution in [0.5, 0.6) is 0 Å². The van der Waals surface area contributed by atoms with Crippen LogP contribution in [-0.2, 0) is 13.1 Å². The van der Waals surface area contributed by atoms with Crippen molar-refractivity contribution in [3.8, 4) is 6.07 Å². The molecule has 0 aliphatic rings. The van der Waals surface area contributed by atoms with Crippen molar-refractivity contribution in [3.63, 3.8) is 0 Å². The Kier molecular flexibility index (Phi) is 3.43. The molecule has 2 aromatic carbocycles. The molecule has 3 nitrogen and oxygen atoms in total. The number of aromatic nitrogens is 1. The topological polar surface area (TPSA) is 54.7 Å². The Morgan fingerprint density at radius 3 is 2.81 bits per heavy atom. The lowest BCUT2D eigenvalue weighted by Crippen LogP contribution is -2.04. The summed E-state index contributed by atoms with van der Waals surface area (Å²) in [7, 11) is 0. The summed E-state index contributed by atoms with van der Waals surface area (Å²) in [5.74, 6) is -0.389. The van der Waals surface area contributed by atoms with Gasteiger partial charge >= 0.3 is 0 Å². The van der Waals surface area contributed by atoms with Crippen molar-refractivity contribution in [2.45, 2.75) is 13.1 Å². The van der Waals surface area contributed by atoms with E-state index in [0.717, 1.165) is 22.0 Å². The van der Waals surface area contributed by atoms with Crippen LogP contribution in [0.2, 0.25) is 0 Å². The van der Waals surface area contributed by atoms with Crippen molar-refractivity contribution in [3.05, 3.63) is 71.2 Å². The van der Waals surface area contributed by atoms with Crippen LogP contribution in [0, 0.1) is 17.1 Å². The van der Waals surface area contributed by atoms with Crippen LogP contribution in [0.3, 0.4) is 0 Å². The average molecular weight is 279 g/mol. The van der Waals surface area contributed by atoms with Gasteiger partial charge in [-0.3, -0.25) is 0 Å². The summed E-state index contributed by atoms with van der Waals surface area (Å²) in [6.07, 6.45) is 1.96. The molecule has 0 spiro atoms. The maximum atomic E-state index is 13.5. The molecule has 0 saturated heterocycles. The molecule has 0 aliphatic heterocycles. The van der Waals surface area contributed by atoms with E-state index in [-0.39, 0.29) is 5.82 Å². The maximum absolute atomic E-state index is 13.5. The minimum absolute atomic E-state index is 0.334. The number of hydrogen-bond donors (Lipinski definition) is 1. The number of benzene rings is 2. The quantitative estimate of drug-likeness (QED) is 0.800. The number of nitrogens with two attached hydrogens (primary N) is 1. The highest BCUT2D eigenvalue weighted by atomic mass is 19.1. The molecule has 3 aromatic rings. The molecule has 3 rings (SSSR count). The van der Waals surface area contributed by atoms with Gasteiger partial charge in [0.25, 0.3) is 0 Å². The molecule has 0 amide bonds. The standard InChI is InChI=1S/C17H14FN3/c18-16-7-12(9-19)6-13(8-16)11-21-5-4-14-2-1-3-15(10-20)17(14)21/h1-8H,10-11,20H2. The predicted molar refractivity (Wildman–Crippen MR) is 80.0 cm³/mol. The van der Waals surface area contributed by atoms with E-state index in [1.165, 1.54) is 12.1 Å². The Morgan fingerprint density at radius 2 is 2.05 bits per heavy atom. The smallest absolute Gasteiger partial charge is 0.124 e. The van der Waals surface area contributed by atoms with E-state index >= 15 is 0 Å². The summed E-state index contributed by atoms with van der Waals surface area (Å²) >= 11 is 0. The molecule has 4 heteroatoms. The number of nitriles is 1. The van der Waals surface area contributed by atoms with Crippen molar-refractivity contribution < 1.29 is 4.39 Å². The molecular weight excluding hydrogens is 265 g/mol. The van der Waals surface area contributed by atoms with Crippen molar-refractivity contribution in [2.75, 3.05) is 0 Å². The highest BCUT2D eigenvalue weighted by Crippen LogP contribution is 2.21. The Hall–Kier alpha value is -2.64. The van der Waals surface area contributed by atoms with Crippen LogP contribution >= 0.6 is 0 Å². The van der Waals surface area contributed by atoms with Crippen molar-refractivity contribution >= 4 is 10.9 Å². The second-order valence-corrected chi connectivity index (χ2v) is 4.96. The third-order valence-electron chi connectivity index (χ3n) is 3.53. The van der Waals surface area contributed by atoms with E-state index in [2.05, 4.69) is 0 Å². The fourth-order valence-electron chi connectivity index (χ4n) is 2.64. The molecule has 1 heterocycles. The third-order valence-corrected chi connectivity index (χ3v) is 3.53. The Balaban J connectivity index is 2.07. The van der Waals surface area contributed by atoms with Gasteiger partial charge in [0.1, 0.15) is 5.82 Å². The number of halogens is 1. The normalized spacial score (nSPS) is 10.7. The molecule has 0 atom stereocenters. The fourth-order valence-corrected chi connectivity index (χ4v) is 2.64. The molecule has 1 aromatic heterocycles. The van der Waals surface area contributed by atoms with Gasteiger partial charge in [-0.1, -0.05) is 18.2 Å². The van der Waals surface area contributed by atoms with Gasteiger partial charge in [0.2, 0.25) is 0 Å². The summed E-state index contributed by atoms with van der Waals surface area (Å²) in [5, 5.41) is 10.0. The highest BCUT2D eigenvalue weighted by Gasteiger charge is 2.07. The van der Waals surface area contributed by atoms with Gasteiger partial charge in [-0.25, -0.2) is 4.39 Å². The van der Waals surface area contributed by atoms with Crippen LogP contribution in [-0.4, -0.2) is 4.57 Å². The largest absolute Gasteiger partial charge is 0.343 e. The zero-order chi connectivity index (χ0) is 14.8. The first-order valence-electron chi connectivity index (χ1n) is 6.67. The summed E-state index contributed by atoms with van der Waals surface area (Å²) in [5.41, 5.74) is 8.99. The summed E-state index contributed by atoms with van der Waals surface area (Å²) in [6, 6.07) is 14.4. The van der Waals surface area contributed by atoms with Crippen LogP contribution in [0.25, 0.3) is 10.9 Å². The predicted octanol–water partition coefficient (Wildman–Crippen LogP) is 3.16. The molecule has 104 valence electrons. The molecule has 0 unspecified atom stereocenters. The lowest BCUT2D eigenvalue weighted by Gasteiger charge is -2.09. The minimum atomic E-state index is -0.389. The third kappa shape index (κ3) is 2.51. The number of nitrogens with zero attached hydrogens (tertiary/aromatic N) is 2. The SMILES string of the molecule is N#Cc1cc(F)cc(Cn2ccc3cccc(CN)c32)c1. The molecule has 0 aliphatic carbocycles. The van der Waals surface area contributed by atoms with Crippen LogP contribution in [0.4, 0.5) is 4.39 Å². The Morgan fingerprint density at radius 1 is 1.19 bits per heavy atom. The van der Waals surface area contributed by atoms with E-state index in [1.54, 1.807) is 6.07 Å². The number of rotatable bonds is 3. The van der Waals surface area contributed by atoms with Crippen LogP contribution < -0.4 is 5.73 Å². The number of hydrogen-bond acceptors (Lipinski definition) is 2. The maximum Gasteiger partial charge on any atom is 0.124 e. The van der Waals surface area contributed by atoms with Gasteiger partial charge in [0, 0.05) is 19.3 Å². The summed E-state index contributed by atoms with van der Waals surface area (Å²) in [4.78, 5) is 0. The molecule has 21 heavy (non-hydrogen) atoms. The number of para-hydroxylation sites is 1. The molecule has 0 fully saturated rings. The lowest BCUT2D eigenvalue weighted by molar-refractivity contribution is 0.623. The average Bonchev–Trinajstić information content (AvgIpc) is 2.90. The van der Waals surface area contributed by atoms with Crippen LogP contribution in [0.1, 0.15) is 16.7 Å². The fraction of sp³-hybridized carbons (Fsp3) is 0.118. The van der Waals surface area contributed by atoms with Gasteiger partial charge in [-0.2, -0.15) is 5.26 Å². The van der Waals surface area contributed by atoms with Crippen molar-refractivity contribution in [1.29, 1.82) is 5.26 Å². The molecule has 0 radical (unpaired) electrons. The first-order chi connectivity index (χ1) is 10.2. The second kappa shape index (κ2) is 5.39. The van der Waals surface area contributed by atoms with Gasteiger partial charge in [0.05, 0.1) is 17.1 Å². The number of fused-ring (bicyclic) bond motifs is 1. The lowest BCUT2D eigenvalue weighted by atomic mass is 10.1. The zero-order valence-electron chi connectivity index (χ0n) is 11.4. The first kappa shape index (κ1) is 13.3. The van der Waals surface area contributed by atoms with Gasteiger partial charge in [-0.05, 0) is 40.8 Å². The Labute approximate surface area is 122 Å². The summed E-state index contributed by atoms with van der Waals surface area (Å²) < 4.78 is 15.6. The molecule has 2 N–H and O–H groups in total. The van der Waals surface area contributed by atoms with Crippen molar-refractivity contribution in [1.82, 2.24) is 4.57 Å². The van der Waals surface area contributed by atoms with Gasteiger partial charge in [0.15, 0.2) is 0 Å². The van der Waals surface area contributed by atoms with E-state index in [4.69, 9.17) is 11.0 Å². The van der Waals surface area contributed by atoms with E-state index in [9.17, 15) is 4.39 Å². The van der Waals surface area contributed by atoms with E-state index in [1.807, 2.05) is 41.1 Å². The van der Waals surface area contributed by atoms with E-state index in [0.29, 0.717) is 18.7 Å². The molecule has 0 bridgehead atoms. The second-order valence-electron chi connectivity index (χ2n) is 4.96. The Bertz CT molecular complexity index is 843. The summed E-state index contributed by atoms with van der Waals surface area (Å²) in [6.45, 7) is 0.959. The van der Waals surface area contributed by atoms with Gasteiger partial charge < -0.3 is 10.3 Å². The van der Waals surface area contributed by atoms with Gasteiger partial charge in [-0.15, -0.1) is 0 Å². The first-order valence-corrected chi connectivity index (χ1v) is 6.67. The highest BCUT2D eigenvalue weighted by molar-refractivity contribution is 5.83. The monoisotopic (exact) mass is 279 g/mol. The zero-order valence-corrected chi connectivity index (χ0v) is 11.4. The van der Waals surface area contributed by atoms with Crippen LogP contribution in [0.15, 0.2) is 48.7 Å². The van der Waals surface area contributed by atoms with Crippen molar-refractivity contribution in [2.24, 2.45) is 5.73 Å². The molecule has 0 saturated carbocycles. The molecular formula is C17H14FN3. The van der Waals surface area contributed by atoms with E-state index < -0.39 is 0 Å². The minimum Gasteiger partial charge on any atom is -0.343 e.